The molecule has 1 saturated carbocycles. The zero-order chi connectivity index (χ0) is 21.3. The van der Waals surface area contributed by atoms with Gasteiger partial charge < -0.3 is 15.4 Å². The SMILES string of the molecule is CCCCC(=O)N[C@@H]1CCCC[C@@H]1NC(=O)c1csc(COc2ccc(C)cc2)n1. The highest BCUT2D eigenvalue weighted by molar-refractivity contribution is 7.09. The Morgan fingerprint density at radius 1 is 1.13 bits per heavy atom. The summed E-state index contributed by atoms with van der Waals surface area (Å²) in [6, 6.07) is 7.79. The van der Waals surface area contributed by atoms with Crippen LogP contribution in [0.3, 0.4) is 0 Å². The van der Waals surface area contributed by atoms with Crippen LogP contribution in [0.4, 0.5) is 0 Å². The number of ether oxygens (including phenoxy) is 1. The van der Waals surface area contributed by atoms with E-state index < -0.39 is 0 Å². The molecule has 2 N–H and O–H groups in total. The molecular formula is C23H31N3O3S. The maximum absolute atomic E-state index is 12.7. The molecule has 1 heterocycles. The van der Waals surface area contributed by atoms with Gasteiger partial charge in [0.1, 0.15) is 23.1 Å². The molecule has 0 radical (unpaired) electrons. The predicted octanol–water partition coefficient (Wildman–Crippen LogP) is 4.38. The minimum Gasteiger partial charge on any atom is -0.486 e. The second kappa shape index (κ2) is 11.1. The van der Waals surface area contributed by atoms with E-state index in [1.54, 1.807) is 5.38 Å². The van der Waals surface area contributed by atoms with Crippen LogP contribution < -0.4 is 15.4 Å². The zero-order valence-corrected chi connectivity index (χ0v) is 18.6. The number of hydrogen-bond donors (Lipinski definition) is 2. The molecule has 0 spiro atoms. The van der Waals surface area contributed by atoms with Crippen LogP contribution in [0.15, 0.2) is 29.6 Å². The molecule has 0 aliphatic heterocycles. The van der Waals surface area contributed by atoms with Crippen molar-refractivity contribution in [1.29, 1.82) is 0 Å². The van der Waals surface area contributed by atoms with Crippen LogP contribution >= 0.6 is 11.3 Å². The number of carbonyl (C=O) groups excluding carboxylic acids is 2. The van der Waals surface area contributed by atoms with Crippen LogP contribution in [-0.4, -0.2) is 28.9 Å². The predicted molar refractivity (Wildman–Crippen MR) is 119 cm³/mol. The number of aromatic nitrogens is 1. The molecule has 1 aliphatic carbocycles. The molecule has 0 saturated heterocycles. The highest BCUT2D eigenvalue weighted by atomic mass is 32.1. The van der Waals surface area contributed by atoms with Crippen molar-refractivity contribution in [3.8, 4) is 5.75 Å². The first-order chi connectivity index (χ1) is 14.5. The Bertz CT molecular complexity index is 834. The first kappa shape index (κ1) is 22.3. The lowest BCUT2D eigenvalue weighted by atomic mass is 9.90. The molecule has 1 fully saturated rings. The van der Waals surface area contributed by atoms with Crippen molar-refractivity contribution in [2.24, 2.45) is 0 Å². The first-order valence-electron chi connectivity index (χ1n) is 10.8. The molecule has 1 aliphatic rings. The summed E-state index contributed by atoms with van der Waals surface area (Å²) >= 11 is 1.42. The van der Waals surface area contributed by atoms with E-state index >= 15 is 0 Å². The molecule has 7 heteroatoms. The fraction of sp³-hybridized carbons (Fsp3) is 0.522. The van der Waals surface area contributed by atoms with E-state index in [0.717, 1.165) is 49.3 Å². The van der Waals surface area contributed by atoms with Crippen LogP contribution in [0, 0.1) is 6.92 Å². The summed E-state index contributed by atoms with van der Waals surface area (Å²) in [7, 11) is 0. The molecule has 2 atom stereocenters. The third-order valence-corrected chi connectivity index (χ3v) is 6.18. The van der Waals surface area contributed by atoms with Gasteiger partial charge in [0, 0.05) is 23.9 Å². The van der Waals surface area contributed by atoms with Crippen molar-refractivity contribution >= 4 is 23.2 Å². The average Bonchev–Trinajstić information content (AvgIpc) is 3.22. The van der Waals surface area contributed by atoms with Gasteiger partial charge in [-0.2, -0.15) is 0 Å². The largest absolute Gasteiger partial charge is 0.486 e. The van der Waals surface area contributed by atoms with E-state index in [1.807, 2.05) is 31.2 Å². The Hall–Kier alpha value is -2.41. The highest BCUT2D eigenvalue weighted by Crippen LogP contribution is 2.20. The number of thiazole rings is 1. The lowest BCUT2D eigenvalue weighted by molar-refractivity contribution is -0.122. The lowest BCUT2D eigenvalue weighted by Gasteiger charge is -2.32. The molecule has 0 bridgehead atoms. The number of nitrogens with one attached hydrogen (secondary N) is 2. The molecule has 6 nitrogen and oxygen atoms in total. The van der Waals surface area contributed by atoms with Gasteiger partial charge in [0.25, 0.3) is 5.91 Å². The Labute approximate surface area is 182 Å². The maximum atomic E-state index is 12.7. The van der Waals surface area contributed by atoms with Gasteiger partial charge in [0.2, 0.25) is 5.91 Å². The van der Waals surface area contributed by atoms with Crippen molar-refractivity contribution in [2.75, 3.05) is 0 Å². The van der Waals surface area contributed by atoms with Gasteiger partial charge >= 0.3 is 0 Å². The fourth-order valence-corrected chi connectivity index (χ4v) is 4.28. The molecule has 162 valence electrons. The summed E-state index contributed by atoms with van der Waals surface area (Å²) in [5, 5.41) is 8.73. The fourth-order valence-electron chi connectivity index (χ4n) is 3.60. The van der Waals surface area contributed by atoms with Crippen LogP contribution in [0.5, 0.6) is 5.75 Å². The van der Waals surface area contributed by atoms with E-state index in [-0.39, 0.29) is 23.9 Å². The van der Waals surface area contributed by atoms with Gasteiger partial charge in [-0.05, 0) is 38.3 Å². The Morgan fingerprint density at radius 2 is 1.83 bits per heavy atom. The Kier molecular flexibility index (Phi) is 8.25. The number of rotatable bonds is 9. The molecule has 0 unspecified atom stereocenters. The van der Waals surface area contributed by atoms with Crippen LogP contribution in [0.25, 0.3) is 0 Å². The summed E-state index contributed by atoms with van der Waals surface area (Å²) in [5.74, 6) is 0.672. The lowest BCUT2D eigenvalue weighted by Crippen LogP contribution is -2.53. The zero-order valence-electron chi connectivity index (χ0n) is 17.8. The smallest absolute Gasteiger partial charge is 0.271 e. The highest BCUT2D eigenvalue weighted by Gasteiger charge is 2.28. The summed E-state index contributed by atoms with van der Waals surface area (Å²) in [5.41, 5.74) is 1.59. The molecule has 30 heavy (non-hydrogen) atoms. The number of aryl methyl sites for hydroxylation is 1. The number of amides is 2. The molecule has 2 aromatic rings. The number of benzene rings is 1. The minimum absolute atomic E-state index is 0.00460. The van der Waals surface area contributed by atoms with Crippen LogP contribution in [0.2, 0.25) is 0 Å². The van der Waals surface area contributed by atoms with E-state index in [1.165, 1.54) is 16.9 Å². The van der Waals surface area contributed by atoms with Gasteiger partial charge in [-0.25, -0.2) is 4.98 Å². The molecule has 3 rings (SSSR count). The molecule has 2 amide bonds. The van der Waals surface area contributed by atoms with Crippen LogP contribution in [0.1, 0.15) is 72.9 Å². The van der Waals surface area contributed by atoms with Crippen molar-refractivity contribution in [3.05, 3.63) is 45.9 Å². The standard InChI is InChI=1S/C23H31N3O3S/c1-3-4-9-21(27)24-18-7-5-6-8-19(18)26-23(28)20-15-30-22(25-20)14-29-17-12-10-16(2)11-13-17/h10-13,15,18-19H,3-9,14H2,1-2H3,(H,24,27)(H,26,28)/t18-,19+/m1/s1. The van der Waals surface area contributed by atoms with Gasteiger partial charge in [0.15, 0.2) is 0 Å². The van der Waals surface area contributed by atoms with Crippen molar-refractivity contribution in [1.82, 2.24) is 15.6 Å². The van der Waals surface area contributed by atoms with Crippen molar-refractivity contribution in [3.63, 3.8) is 0 Å². The van der Waals surface area contributed by atoms with Gasteiger partial charge in [-0.3, -0.25) is 9.59 Å². The quantitative estimate of drug-likeness (QED) is 0.620. The van der Waals surface area contributed by atoms with Crippen LogP contribution in [-0.2, 0) is 11.4 Å². The third-order valence-electron chi connectivity index (χ3n) is 5.35. The third kappa shape index (κ3) is 6.55. The van der Waals surface area contributed by atoms with Gasteiger partial charge in [-0.1, -0.05) is 43.9 Å². The number of carbonyl (C=O) groups is 2. The first-order valence-corrected chi connectivity index (χ1v) is 11.7. The van der Waals surface area contributed by atoms with Crippen molar-refractivity contribution in [2.45, 2.75) is 77.5 Å². The molecule has 1 aromatic heterocycles. The van der Waals surface area contributed by atoms with Gasteiger partial charge in [-0.15, -0.1) is 11.3 Å². The van der Waals surface area contributed by atoms with E-state index in [0.29, 0.717) is 18.7 Å². The van der Waals surface area contributed by atoms with Gasteiger partial charge in [0.05, 0.1) is 0 Å². The summed E-state index contributed by atoms with van der Waals surface area (Å²) < 4.78 is 5.75. The normalized spacial score (nSPS) is 18.6. The summed E-state index contributed by atoms with van der Waals surface area (Å²) in [6.45, 7) is 4.44. The second-order valence-corrected chi connectivity index (χ2v) is 8.81. The van der Waals surface area contributed by atoms with E-state index in [9.17, 15) is 9.59 Å². The average molecular weight is 430 g/mol. The number of hydrogen-bond acceptors (Lipinski definition) is 5. The number of nitrogens with zero attached hydrogens (tertiary/aromatic N) is 1. The topological polar surface area (TPSA) is 80.3 Å². The summed E-state index contributed by atoms with van der Waals surface area (Å²) in [4.78, 5) is 29.3. The molecular weight excluding hydrogens is 398 g/mol. The summed E-state index contributed by atoms with van der Waals surface area (Å²) in [6.07, 6.45) is 6.33. The Balaban J connectivity index is 1.52. The van der Waals surface area contributed by atoms with E-state index in [2.05, 4.69) is 22.5 Å². The van der Waals surface area contributed by atoms with E-state index in [4.69, 9.17) is 4.74 Å². The maximum Gasteiger partial charge on any atom is 0.271 e. The second-order valence-electron chi connectivity index (χ2n) is 7.87. The van der Waals surface area contributed by atoms with Crippen molar-refractivity contribution < 1.29 is 14.3 Å². The molecule has 1 aromatic carbocycles. The Morgan fingerprint density at radius 3 is 2.53 bits per heavy atom. The monoisotopic (exact) mass is 429 g/mol. The minimum atomic E-state index is -0.187. The number of unbranched alkanes of at least 4 members (excludes halogenated alkanes) is 1.